The van der Waals surface area contributed by atoms with Crippen LogP contribution in [0, 0.1) is 0 Å². The summed E-state index contributed by atoms with van der Waals surface area (Å²) >= 11 is 0. The van der Waals surface area contributed by atoms with Crippen LogP contribution in [0.1, 0.15) is 31.1 Å². The molecular formula is C10H16N4O4S. The van der Waals surface area contributed by atoms with Gasteiger partial charge in [-0.3, -0.25) is 10.1 Å². The standard InChI is InChI=1S/C10H16N4O4S/c1-19(16,17)5-4-7(11)8(15)12-10-14-13-9(18-10)6-2-3-6/h6-7H,2-5,11H2,1H3,(H,12,14,15). The van der Waals surface area contributed by atoms with Crippen LogP contribution < -0.4 is 11.1 Å². The van der Waals surface area contributed by atoms with Gasteiger partial charge in [-0.15, -0.1) is 5.10 Å². The summed E-state index contributed by atoms with van der Waals surface area (Å²) in [7, 11) is -3.14. The van der Waals surface area contributed by atoms with Gasteiger partial charge in [0.05, 0.1) is 11.8 Å². The second kappa shape index (κ2) is 5.25. The number of anilines is 1. The fourth-order valence-electron chi connectivity index (χ4n) is 1.45. The number of amides is 1. The van der Waals surface area contributed by atoms with E-state index in [0.717, 1.165) is 19.1 Å². The average Bonchev–Trinajstić information content (AvgIpc) is 3.06. The lowest BCUT2D eigenvalue weighted by molar-refractivity contribution is -0.117. The maximum Gasteiger partial charge on any atom is 0.322 e. The summed E-state index contributed by atoms with van der Waals surface area (Å²) in [6.45, 7) is 0. The van der Waals surface area contributed by atoms with Gasteiger partial charge in [0, 0.05) is 12.2 Å². The highest BCUT2D eigenvalue weighted by Crippen LogP contribution is 2.39. The van der Waals surface area contributed by atoms with E-state index in [2.05, 4.69) is 15.5 Å². The Balaban J connectivity index is 1.85. The zero-order valence-electron chi connectivity index (χ0n) is 10.5. The maximum atomic E-state index is 11.7. The van der Waals surface area contributed by atoms with Crippen molar-refractivity contribution in [2.45, 2.75) is 31.2 Å². The van der Waals surface area contributed by atoms with E-state index >= 15 is 0 Å². The number of rotatable bonds is 6. The first-order chi connectivity index (χ1) is 8.85. The van der Waals surface area contributed by atoms with Crippen molar-refractivity contribution in [2.75, 3.05) is 17.3 Å². The number of aromatic nitrogens is 2. The van der Waals surface area contributed by atoms with E-state index in [1.165, 1.54) is 0 Å². The van der Waals surface area contributed by atoms with E-state index in [9.17, 15) is 13.2 Å². The Morgan fingerprint density at radius 3 is 2.79 bits per heavy atom. The van der Waals surface area contributed by atoms with Gasteiger partial charge >= 0.3 is 6.01 Å². The Labute approximate surface area is 110 Å². The second-order valence-corrected chi connectivity index (χ2v) is 6.99. The molecule has 1 saturated carbocycles. The van der Waals surface area contributed by atoms with E-state index < -0.39 is 21.8 Å². The van der Waals surface area contributed by atoms with Crippen molar-refractivity contribution in [1.82, 2.24) is 10.2 Å². The van der Waals surface area contributed by atoms with Gasteiger partial charge in [-0.25, -0.2) is 8.42 Å². The van der Waals surface area contributed by atoms with Gasteiger partial charge in [0.2, 0.25) is 11.8 Å². The average molecular weight is 288 g/mol. The summed E-state index contributed by atoms with van der Waals surface area (Å²) in [6, 6.07) is -0.923. The molecule has 0 saturated heterocycles. The minimum Gasteiger partial charge on any atom is -0.408 e. The molecule has 2 rings (SSSR count). The van der Waals surface area contributed by atoms with Crippen molar-refractivity contribution < 1.29 is 17.6 Å². The molecule has 0 bridgehead atoms. The van der Waals surface area contributed by atoms with E-state index in [1.54, 1.807) is 0 Å². The number of hydrogen-bond acceptors (Lipinski definition) is 7. The summed E-state index contributed by atoms with van der Waals surface area (Å²) in [5.41, 5.74) is 5.58. The van der Waals surface area contributed by atoms with Gasteiger partial charge in [-0.2, -0.15) is 0 Å². The van der Waals surface area contributed by atoms with Crippen LogP contribution in [0.15, 0.2) is 4.42 Å². The number of nitrogens with zero attached hydrogens (tertiary/aromatic N) is 2. The first kappa shape index (κ1) is 13.9. The molecule has 1 heterocycles. The number of carbonyl (C=O) groups excluding carboxylic acids is 1. The molecule has 1 aromatic heterocycles. The molecule has 8 nitrogen and oxygen atoms in total. The lowest BCUT2D eigenvalue weighted by atomic mass is 10.2. The first-order valence-electron chi connectivity index (χ1n) is 5.93. The summed E-state index contributed by atoms with van der Waals surface area (Å²) in [5.74, 6) is 0.144. The highest BCUT2D eigenvalue weighted by Gasteiger charge is 2.29. The summed E-state index contributed by atoms with van der Waals surface area (Å²) in [4.78, 5) is 11.7. The molecule has 1 aromatic rings. The Kier molecular flexibility index (Phi) is 3.85. The molecule has 0 radical (unpaired) electrons. The SMILES string of the molecule is CS(=O)(=O)CCC(N)C(=O)Nc1nnc(C2CC2)o1. The molecule has 19 heavy (non-hydrogen) atoms. The van der Waals surface area contributed by atoms with Gasteiger partial charge in [0.15, 0.2) is 0 Å². The molecular weight excluding hydrogens is 272 g/mol. The molecule has 0 aromatic carbocycles. The summed E-state index contributed by atoms with van der Waals surface area (Å²) < 4.78 is 27.2. The molecule has 0 spiro atoms. The number of nitrogens with one attached hydrogen (secondary N) is 1. The van der Waals surface area contributed by atoms with Crippen LogP contribution in [-0.4, -0.2) is 42.6 Å². The zero-order valence-corrected chi connectivity index (χ0v) is 11.3. The molecule has 1 amide bonds. The minimum absolute atomic E-state index is 0.00158. The Bertz CT molecular complexity index is 564. The molecule has 1 fully saturated rings. The summed E-state index contributed by atoms with van der Waals surface area (Å²) in [5, 5.41) is 9.88. The van der Waals surface area contributed by atoms with Crippen LogP contribution in [0.4, 0.5) is 6.01 Å². The van der Waals surface area contributed by atoms with Crippen molar-refractivity contribution >= 4 is 21.8 Å². The summed E-state index contributed by atoms with van der Waals surface area (Å²) in [6.07, 6.45) is 3.18. The molecule has 0 aliphatic heterocycles. The van der Waals surface area contributed by atoms with Gasteiger partial charge in [0.1, 0.15) is 9.84 Å². The fraction of sp³-hybridized carbons (Fsp3) is 0.700. The monoisotopic (exact) mass is 288 g/mol. The number of carbonyl (C=O) groups is 1. The van der Waals surface area contributed by atoms with Crippen LogP contribution in [-0.2, 0) is 14.6 Å². The molecule has 3 N–H and O–H groups in total. The van der Waals surface area contributed by atoms with Crippen LogP contribution in [0.25, 0.3) is 0 Å². The topological polar surface area (TPSA) is 128 Å². The molecule has 1 aliphatic carbocycles. The predicted molar refractivity (Wildman–Crippen MR) is 67.2 cm³/mol. The fourth-order valence-corrected chi connectivity index (χ4v) is 2.13. The molecule has 1 aliphatic rings. The third kappa shape index (κ3) is 4.28. The number of nitrogens with two attached hydrogens (primary N) is 1. The molecule has 9 heteroatoms. The van der Waals surface area contributed by atoms with E-state index in [-0.39, 0.29) is 18.2 Å². The van der Waals surface area contributed by atoms with Gasteiger partial charge < -0.3 is 10.2 Å². The van der Waals surface area contributed by atoms with Crippen LogP contribution in [0.5, 0.6) is 0 Å². The zero-order chi connectivity index (χ0) is 14.0. The van der Waals surface area contributed by atoms with Crippen molar-refractivity contribution in [3.8, 4) is 0 Å². The lowest BCUT2D eigenvalue weighted by Gasteiger charge is -2.08. The van der Waals surface area contributed by atoms with Crippen molar-refractivity contribution in [3.63, 3.8) is 0 Å². The minimum atomic E-state index is -3.14. The predicted octanol–water partition coefficient (Wildman–Crippen LogP) is -0.352. The van der Waals surface area contributed by atoms with Gasteiger partial charge in [0.25, 0.3) is 0 Å². The Hall–Kier alpha value is -1.48. The van der Waals surface area contributed by atoms with Crippen LogP contribution in [0.3, 0.4) is 0 Å². The smallest absolute Gasteiger partial charge is 0.322 e. The normalized spacial score (nSPS) is 17.2. The maximum absolute atomic E-state index is 11.7. The molecule has 1 atom stereocenters. The van der Waals surface area contributed by atoms with E-state index in [1.807, 2.05) is 0 Å². The lowest BCUT2D eigenvalue weighted by Crippen LogP contribution is -2.37. The molecule has 106 valence electrons. The third-order valence-corrected chi connectivity index (χ3v) is 3.71. The third-order valence-electron chi connectivity index (χ3n) is 2.73. The number of hydrogen-bond donors (Lipinski definition) is 2. The highest BCUT2D eigenvalue weighted by atomic mass is 32.2. The quantitative estimate of drug-likeness (QED) is 0.731. The number of sulfone groups is 1. The Morgan fingerprint density at radius 1 is 1.53 bits per heavy atom. The van der Waals surface area contributed by atoms with Crippen molar-refractivity contribution in [2.24, 2.45) is 5.73 Å². The van der Waals surface area contributed by atoms with E-state index in [4.69, 9.17) is 10.2 Å². The van der Waals surface area contributed by atoms with Crippen molar-refractivity contribution in [1.29, 1.82) is 0 Å². The second-order valence-electron chi connectivity index (χ2n) is 4.73. The van der Waals surface area contributed by atoms with Crippen LogP contribution in [0.2, 0.25) is 0 Å². The molecule has 1 unspecified atom stereocenters. The van der Waals surface area contributed by atoms with Crippen molar-refractivity contribution in [3.05, 3.63) is 5.89 Å². The largest absolute Gasteiger partial charge is 0.408 e. The van der Waals surface area contributed by atoms with Gasteiger partial charge in [-0.05, 0) is 19.3 Å². The van der Waals surface area contributed by atoms with E-state index in [0.29, 0.717) is 11.8 Å². The van der Waals surface area contributed by atoms with Crippen LogP contribution >= 0.6 is 0 Å². The first-order valence-corrected chi connectivity index (χ1v) is 7.99. The Morgan fingerprint density at radius 2 is 2.21 bits per heavy atom. The highest BCUT2D eigenvalue weighted by molar-refractivity contribution is 7.90. The van der Waals surface area contributed by atoms with Gasteiger partial charge in [-0.1, -0.05) is 5.10 Å².